The van der Waals surface area contributed by atoms with Gasteiger partial charge in [-0.05, 0) is 38.1 Å². The maximum absolute atomic E-state index is 4.43. The van der Waals surface area contributed by atoms with E-state index in [2.05, 4.69) is 74.0 Å². The van der Waals surface area contributed by atoms with Crippen LogP contribution in [-0.4, -0.2) is 74.7 Å². The molecule has 1 aliphatic heterocycles. The van der Waals surface area contributed by atoms with Crippen LogP contribution in [0.1, 0.15) is 54.4 Å². The Morgan fingerprint density at radius 1 is 1.08 bits per heavy atom. The normalized spacial score (nSPS) is 19.8. The van der Waals surface area contributed by atoms with Crippen molar-refractivity contribution in [2.45, 2.75) is 66.5 Å². The maximum atomic E-state index is 4.43. The second-order valence-corrected chi connectivity index (χ2v) is 9.25. The van der Waals surface area contributed by atoms with Crippen molar-refractivity contribution < 1.29 is 0 Å². The van der Waals surface area contributed by atoms with Crippen molar-refractivity contribution in [3.05, 3.63) is 0 Å². The monoisotopic (exact) mass is 481 g/mol. The summed E-state index contributed by atoms with van der Waals surface area (Å²) in [5.74, 6) is 1.56. The standard InChI is InChI=1S/C20H43N5.HI/c1-16(2)18(25-13-11-24(8)12-14-25)15-22-19(21-7)23-17(3)9-10-20(4,5)6;/h16-18H,9-15H2,1-8H3,(H2,21,22,23);1H. The van der Waals surface area contributed by atoms with Gasteiger partial charge >= 0.3 is 0 Å². The van der Waals surface area contributed by atoms with Crippen LogP contribution < -0.4 is 10.6 Å². The summed E-state index contributed by atoms with van der Waals surface area (Å²) in [4.78, 5) is 9.48. The molecule has 1 rings (SSSR count). The second-order valence-electron chi connectivity index (χ2n) is 9.25. The van der Waals surface area contributed by atoms with Crippen molar-refractivity contribution in [3.8, 4) is 0 Å². The highest BCUT2D eigenvalue weighted by molar-refractivity contribution is 14.0. The predicted octanol–water partition coefficient (Wildman–Crippen LogP) is 3.26. The second kappa shape index (κ2) is 12.4. The zero-order chi connectivity index (χ0) is 19.0. The number of hydrogen-bond acceptors (Lipinski definition) is 3. The van der Waals surface area contributed by atoms with Crippen LogP contribution in [-0.2, 0) is 0 Å². The Hall–Kier alpha value is -0.0800. The van der Waals surface area contributed by atoms with E-state index in [1.165, 1.54) is 19.5 Å². The topological polar surface area (TPSA) is 42.9 Å². The largest absolute Gasteiger partial charge is 0.355 e. The van der Waals surface area contributed by atoms with Crippen LogP contribution in [0.25, 0.3) is 0 Å². The van der Waals surface area contributed by atoms with E-state index >= 15 is 0 Å². The van der Waals surface area contributed by atoms with Crippen molar-refractivity contribution in [1.82, 2.24) is 20.4 Å². The number of nitrogens with zero attached hydrogens (tertiary/aromatic N) is 3. The fourth-order valence-corrected chi connectivity index (χ4v) is 3.29. The molecular weight excluding hydrogens is 437 g/mol. The molecule has 1 aliphatic rings. The van der Waals surface area contributed by atoms with E-state index in [9.17, 15) is 0 Å². The van der Waals surface area contributed by atoms with Gasteiger partial charge in [0.25, 0.3) is 0 Å². The van der Waals surface area contributed by atoms with E-state index in [-0.39, 0.29) is 24.0 Å². The van der Waals surface area contributed by atoms with E-state index in [4.69, 9.17) is 0 Å². The number of hydrogen-bond donors (Lipinski definition) is 2. The van der Waals surface area contributed by atoms with Gasteiger partial charge in [0.05, 0.1) is 0 Å². The van der Waals surface area contributed by atoms with Crippen LogP contribution in [0.3, 0.4) is 0 Å². The number of guanidine groups is 1. The Morgan fingerprint density at radius 3 is 2.12 bits per heavy atom. The van der Waals surface area contributed by atoms with E-state index in [1.54, 1.807) is 0 Å². The molecule has 0 saturated carbocycles. The third-order valence-corrected chi connectivity index (χ3v) is 5.19. The molecule has 6 heteroatoms. The average molecular weight is 482 g/mol. The molecule has 2 N–H and O–H groups in total. The Kier molecular flexibility index (Phi) is 12.4. The third kappa shape index (κ3) is 10.3. The van der Waals surface area contributed by atoms with E-state index in [1.807, 2.05) is 7.05 Å². The summed E-state index contributed by atoms with van der Waals surface area (Å²) in [7, 11) is 4.08. The predicted molar refractivity (Wildman–Crippen MR) is 126 cm³/mol. The van der Waals surface area contributed by atoms with Gasteiger partial charge in [0.1, 0.15) is 0 Å². The average Bonchev–Trinajstić information content (AvgIpc) is 2.52. The first-order valence-electron chi connectivity index (χ1n) is 10.0. The summed E-state index contributed by atoms with van der Waals surface area (Å²) < 4.78 is 0. The van der Waals surface area contributed by atoms with E-state index in [0.717, 1.165) is 32.0 Å². The molecule has 0 amide bonds. The van der Waals surface area contributed by atoms with Gasteiger partial charge in [-0.15, -0.1) is 24.0 Å². The van der Waals surface area contributed by atoms with Gasteiger partial charge in [-0.25, -0.2) is 0 Å². The molecule has 5 nitrogen and oxygen atoms in total. The highest BCUT2D eigenvalue weighted by Crippen LogP contribution is 2.21. The molecule has 0 bridgehead atoms. The molecular formula is C20H44IN5. The minimum atomic E-state index is 0. The van der Waals surface area contributed by atoms with Gasteiger partial charge in [0.15, 0.2) is 5.96 Å². The van der Waals surface area contributed by atoms with Crippen LogP contribution in [0.5, 0.6) is 0 Å². The molecule has 0 aliphatic carbocycles. The van der Waals surface area contributed by atoms with Crippen LogP contribution >= 0.6 is 24.0 Å². The molecule has 0 aromatic rings. The van der Waals surface area contributed by atoms with Gasteiger partial charge in [0, 0.05) is 51.9 Å². The number of aliphatic imine (C=N–C) groups is 1. The minimum Gasteiger partial charge on any atom is -0.355 e. The van der Waals surface area contributed by atoms with Crippen LogP contribution in [0.15, 0.2) is 4.99 Å². The molecule has 0 radical (unpaired) electrons. The lowest BCUT2D eigenvalue weighted by Crippen LogP contribution is -2.55. The molecule has 1 heterocycles. The van der Waals surface area contributed by atoms with Crippen LogP contribution in [0.2, 0.25) is 0 Å². The molecule has 0 spiro atoms. The fraction of sp³-hybridized carbons (Fsp3) is 0.950. The van der Waals surface area contributed by atoms with Gasteiger partial charge in [-0.2, -0.15) is 0 Å². The zero-order valence-electron chi connectivity index (χ0n) is 18.4. The Morgan fingerprint density at radius 2 is 1.65 bits per heavy atom. The lowest BCUT2D eigenvalue weighted by atomic mass is 9.89. The summed E-state index contributed by atoms with van der Waals surface area (Å²) in [6.45, 7) is 19.4. The molecule has 1 saturated heterocycles. The number of piperazine rings is 1. The summed E-state index contributed by atoms with van der Waals surface area (Å²) in [6.07, 6.45) is 2.38. The first kappa shape index (κ1) is 25.9. The van der Waals surface area contributed by atoms with Crippen molar-refractivity contribution in [3.63, 3.8) is 0 Å². The molecule has 2 unspecified atom stereocenters. The highest BCUT2D eigenvalue weighted by atomic mass is 127. The first-order chi connectivity index (χ1) is 11.6. The van der Waals surface area contributed by atoms with Crippen LogP contribution in [0.4, 0.5) is 0 Å². The molecule has 2 atom stereocenters. The van der Waals surface area contributed by atoms with Gasteiger partial charge in [-0.3, -0.25) is 9.89 Å². The SMILES string of the molecule is CN=C(NCC(C(C)C)N1CCN(C)CC1)NC(C)CCC(C)(C)C.I. The molecule has 156 valence electrons. The number of halogens is 1. The molecule has 1 fully saturated rings. The van der Waals surface area contributed by atoms with Crippen molar-refractivity contribution in [1.29, 1.82) is 0 Å². The van der Waals surface area contributed by atoms with E-state index < -0.39 is 0 Å². The quantitative estimate of drug-likeness (QED) is 0.333. The van der Waals surface area contributed by atoms with Crippen LogP contribution in [0, 0.1) is 11.3 Å². The van der Waals surface area contributed by atoms with Crippen molar-refractivity contribution >= 4 is 29.9 Å². The summed E-state index contributed by atoms with van der Waals surface area (Å²) >= 11 is 0. The maximum Gasteiger partial charge on any atom is 0.191 e. The third-order valence-electron chi connectivity index (χ3n) is 5.19. The fourth-order valence-electron chi connectivity index (χ4n) is 3.29. The van der Waals surface area contributed by atoms with Gasteiger partial charge in [0.2, 0.25) is 0 Å². The number of rotatable bonds is 7. The summed E-state index contributed by atoms with van der Waals surface area (Å²) in [5, 5.41) is 7.13. The zero-order valence-corrected chi connectivity index (χ0v) is 20.8. The molecule has 26 heavy (non-hydrogen) atoms. The number of likely N-dealkylation sites (N-methyl/N-ethyl adjacent to an activating group) is 1. The summed E-state index contributed by atoms with van der Waals surface area (Å²) in [5.41, 5.74) is 0.386. The Balaban J connectivity index is 0.00000625. The summed E-state index contributed by atoms with van der Waals surface area (Å²) in [6, 6.07) is 0.990. The molecule has 0 aromatic carbocycles. The van der Waals surface area contributed by atoms with Crippen molar-refractivity contribution in [2.24, 2.45) is 16.3 Å². The van der Waals surface area contributed by atoms with Gasteiger partial charge in [-0.1, -0.05) is 34.6 Å². The van der Waals surface area contributed by atoms with Gasteiger partial charge < -0.3 is 15.5 Å². The minimum absolute atomic E-state index is 0. The molecule has 0 aromatic heterocycles. The van der Waals surface area contributed by atoms with E-state index in [0.29, 0.717) is 23.4 Å². The first-order valence-corrected chi connectivity index (χ1v) is 10.0. The van der Waals surface area contributed by atoms with Crippen molar-refractivity contribution in [2.75, 3.05) is 46.8 Å². The Bertz CT molecular complexity index is 397. The highest BCUT2D eigenvalue weighted by Gasteiger charge is 2.25. The number of nitrogens with one attached hydrogen (secondary N) is 2. The Labute approximate surface area is 179 Å². The lowest BCUT2D eigenvalue weighted by molar-refractivity contribution is 0.0899. The smallest absolute Gasteiger partial charge is 0.191 e. The lowest BCUT2D eigenvalue weighted by Gasteiger charge is -2.40.